The van der Waals surface area contributed by atoms with E-state index in [-0.39, 0.29) is 12.0 Å². The summed E-state index contributed by atoms with van der Waals surface area (Å²) >= 11 is 7.85. The average Bonchev–Trinajstić information content (AvgIpc) is 3.38. The maximum absolute atomic E-state index is 12.0. The van der Waals surface area contributed by atoms with Crippen LogP contribution in [0, 0.1) is 0 Å². The van der Waals surface area contributed by atoms with Crippen LogP contribution in [-0.4, -0.2) is 28.6 Å². The number of ether oxygens (including phenoxy) is 2. The molecule has 1 amide bonds. The van der Waals surface area contributed by atoms with Crippen LogP contribution >= 0.6 is 22.9 Å². The number of fused-ring (bicyclic) bond motifs is 1. The van der Waals surface area contributed by atoms with Crippen molar-refractivity contribution in [1.82, 2.24) is 15.3 Å². The zero-order chi connectivity index (χ0) is 17.9. The minimum atomic E-state index is -0.320. The molecule has 1 unspecified atom stereocenters. The zero-order valence-electron chi connectivity index (χ0n) is 14.0. The Hall–Kier alpha value is -2.09. The standard InChI is InChI=1S/C18H18ClN3O3S/c19-14-5-11-4-12(7-20-18(23)16-2-1-3-24-16)22-15(11)6-17(14)25-8-13-9-26-10-21-13/h4-6,9-10,16,22H,1-3,7-8H2,(H,20,23). The molecular weight excluding hydrogens is 374 g/mol. The Labute approximate surface area is 159 Å². The lowest BCUT2D eigenvalue weighted by molar-refractivity contribution is -0.130. The second kappa shape index (κ2) is 7.65. The first-order valence-corrected chi connectivity index (χ1v) is 9.71. The number of thiazole rings is 1. The fraction of sp³-hybridized carbons (Fsp3) is 0.333. The molecule has 6 nitrogen and oxygen atoms in total. The molecule has 1 fully saturated rings. The van der Waals surface area contributed by atoms with Crippen molar-refractivity contribution < 1.29 is 14.3 Å². The number of hydrogen-bond donors (Lipinski definition) is 2. The highest BCUT2D eigenvalue weighted by Gasteiger charge is 2.23. The monoisotopic (exact) mass is 391 g/mol. The van der Waals surface area contributed by atoms with Crippen LogP contribution in [0.15, 0.2) is 29.1 Å². The Morgan fingerprint density at radius 1 is 1.46 bits per heavy atom. The zero-order valence-corrected chi connectivity index (χ0v) is 15.5. The number of benzene rings is 1. The molecule has 3 heterocycles. The Balaban J connectivity index is 1.43. The highest BCUT2D eigenvalue weighted by Crippen LogP contribution is 2.31. The Morgan fingerprint density at radius 2 is 2.38 bits per heavy atom. The van der Waals surface area contributed by atoms with E-state index < -0.39 is 0 Å². The maximum Gasteiger partial charge on any atom is 0.249 e. The highest BCUT2D eigenvalue weighted by atomic mass is 35.5. The molecule has 0 saturated carbocycles. The molecular formula is C18H18ClN3O3S. The minimum absolute atomic E-state index is 0.0635. The van der Waals surface area contributed by atoms with Crippen LogP contribution in [0.2, 0.25) is 5.02 Å². The quantitative estimate of drug-likeness (QED) is 0.672. The Bertz CT molecular complexity index is 904. The summed E-state index contributed by atoms with van der Waals surface area (Å²) in [6.07, 6.45) is 1.40. The van der Waals surface area contributed by atoms with Crippen molar-refractivity contribution in [3.63, 3.8) is 0 Å². The van der Waals surface area contributed by atoms with E-state index in [1.54, 1.807) is 5.51 Å². The van der Waals surface area contributed by atoms with Gasteiger partial charge in [0, 0.05) is 34.7 Å². The average molecular weight is 392 g/mol. The highest BCUT2D eigenvalue weighted by molar-refractivity contribution is 7.07. The van der Waals surface area contributed by atoms with Gasteiger partial charge in [0.05, 0.1) is 22.8 Å². The lowest BCUT2D eigenvalue weighted by Gasteiger charge is -2.09. The molecule has 1 atom stereocenters. The van der Waals surface area contributed by atoms with Gasteiger partial charge in [-0.05, 0) is 25.0 Å². The summed E-state index contributed by atoms with van der Waals surface area (Å²) in [5.41, 5.74) is 4.45. The normalized spacial score (nSPS) is 16.9. The van der Waals surface area contributed by atoms with Gasteiger partial charge >= 0.3 is 0 Å². The Morgan fingerprint density at radius 3 is 3.15 bits per heavy atom. The van der Waals surface area contributed by atoms with E-state index in [0.717, 1.165) is 35.1 Å². The van der Waals surface area contributed by atoms with Crippen molar-refractivity contribution >= 4 is 39.7 Å². The van der Waals surface area contributed by atoms with Gasteiger partial charge in [0.2, 0.25) is 5.91 Å². The van der Waals surface area contributed by atoms with Crippen LogP contribution in [0.3, 0.4) is 0 Å². The van der Waals surface area contributed by atoms with Crippen LogP contribution in [0.25, 0.3) is 10.9 Å². The summed E-state index contributed by atoms with van der Waals surface area (Å²) < 4.78 is 11.2. The van der Waals surface area contributed by atoms with Crippen molar-refractivity contribution in [1.29, 1.82) is 0 Å². The first-order chi connectivity index (χ1) is 12.7. The molecule has 2 N–H and O–H groups in total. The summed E-state index contributed by atoms with van der Waals surface area (Å²) in [7, 11) is 0. The molecule has 3 aromatic rings. The lowest BCUT2D eigenvalue weighted by atomic mass is 10.2. The van der Waals surface area contributed by atoms with E-state index in [1.807, 2.05) is 23.6 Å². The molecule has 0 aliphatic carbocycles. The Kier molecular flexibility index (Phi) is 5.10. The number of halogens is 1. The van der Waals surface area contributed by atoms with E-state index in [1.165, 1.54) is 11.3 Å². The second-order valence-electron chi connectivity index (χ2n) is 6.15. The predicted molar refractivity (Wildman–Crippen MR) is 101 cm³/mol. The molecule has 1 aliphatic heterocycles. The van der Waals surface area contributed by atoms with Gasteiger partial charge in [0.15, 0.2) is 0 Å². The first kappa shape index (κ1) is 17.3. The second-order valence-corrected chi connectivity index (χ2v) is 7.28. The lowest BCUT2D eigenvalue weighted by Crippen LogP contribution is -2.33. The van der Waals surface area contributed by atoms with Gasteiger partial charge < -0.3 is 19.8 Å². The minimum Gasteiger partial charge on any atom is -0.486 e. The van der Waals surface area contributed by atoms with Gasteiger partial charge in [0.25, 0.3) is 0 Å². The summed E-state index contributed by atoms with van der Waals surface area (Å²) in [6.45, 7) is 1.45. The molecule has 26 heavy (non-hydrogen) atoms. The number of aromatic nitrogens is 2. The SMILES string of the molecule is O=C(NCc1cc2cc(Cl)c(OCc3cscn3)cc2[nH]1)C1CCCO1. The van der Waals surface area contributed by atoms with Crippen LogP contribution < -0.4 is 10.1 Å². The maximum atomic E-state index is 12.0. The smallest absolute Gasteiger partial charge is 0.249 e. The topological polar surface area (TPSA) is 76.2 Å². The summed E-state index contributed by atoms with van der Waals surface area (Å²) in [4.78, 5) is 19.5. The number of hydrogen-bond acceptors (Lipinski definition) is 5. The number of carbonyl (C=O) groups excluding carboxylic acids is 1. The van der Waals surface area contributed by atoms with Crippen LogP contribution in [-0.2, 0) is 22.7 Å². The van der Waals surface area contributed by atoms with Crippen LogP contribution in [0.4, 0.5) is 0 Å². The molecule has 1 saturated heterocycles. The fourth-order valence-corrected chi connectivity index (χ4v) is 3.71. The van der Waals surface area contributed by atoms with Gasteiger partial charge in [-0.1, -0.05) is 11.6 Å². The van der Waals surface area contributed by atoms with Crippen molar-refractivity contribution in [2.24, 2.45) is 0 Å². The van der Waals surface area contributed by atoms with E-state index in [0.29, 0.717) is 30.5 Å². The third-order valence-electron chi connectivity index (χ3n) is 4.26. The summed E-state index contributed by atoms with van der Waals surface area (Å²) in [6, 6.07) is 5.70. The first-order valence-electron chi connectivity index (χ1n) is 8.39. The molecule has 4 rings (SSSR count). The third-order valence-corrected chi connectivity index (χ3v) is 5.19. The van der Waals surface area contributed by atoms with E-state index in [9.17, 15) is 4.79 Å². The van der Waals surface area contributed by atoms with Gasteiger partial charge in [-0.3, -0.25) is 4.79 Å². The molecule has 8 heteroatoms. The predicted octanol–water partition coefficient (Wildman–Crippen LogP) is 3.65. The number of H-pyrrole nitrogens is 1. The molecule has 1 aromatic carbocycles. The van der Waals surface area contributed by atoms with Crippen LogP contribution in [0.1, 0.15) is 24.2 Å². The van der Waals surface area contributed by atoms with E-state index >= 15 is 0 Å². The van der Waals surface area contributed by atoms with Crippen molar-refractivity contribution in [3.05, 3.63) is 45.5 Å². The number of rotatable bonds is 6. The van der Waals surface area contributed by atoms with Gasteiger partial charge in [-0.15, -0.1) is 11.3 Å². The van der Waals surface area contributed by atoms with E-state index in [4.69, 9.17) is 21.1 Å². The summed E-state index contributed by atoms with van der Waals surface area (Å²) in [5, 5.41) is 6.36. The molecule has 0 bridgehead atoms. The van der Waals surface area contributed by atoms with Gasteiger partial charge in [-0.2, -0.15) is 0 Å². The molecule has 1 aliphatic rings. The number of carbonyl (C=O) groups is 1. The van der Waals surface area contributed by atoms with Gasteiger partial charge in [-0.25, -0.2) is 4.98 Å². The molecule has 136 valence electrons. The fourth-order valence-electron chi connectivity index (χ4n) is 2.94. The van der Waals surface area contributed by atoms with Crippen molar-refractivity contribution in [3.8, 4) is 5.75 Å². The molecule has 0 spiro atoms. The van der Waals surface area contributed by atoms with Crippen molar-refractivity contribution in [2.75, 3.05) is 6.61 Å². The largest absolute Gasteiger partial charge is 0.486 e. The number of nitrogens with one attached hydrogen (secondary N) is 2. The van der Waals surface area contributed by atoms with E-state index in [2.05, 4.69) is 15.3 Å². The molecule has 0 radical (unpaired) electrons. The summed E-state index contributed by atoms with van der Waals surface area (Å²) in [5.74, 6) is 0.537. The third kappa shape index (κ3) is 3.85. The number of aromatic amines is 1. The van der Waals surface area contributed by atoms with Crippen LogP contribution in [0.5, 0.6) is 5.75 Å². The van der Waals surface area contributed by atoms with Crippen molar-refractivity contribution in [2.45, 2.75) is 32.1 Å². The molecule has 2 aromatic heterocycles. The van der Waals surface area contributed by atoms with Gasteiger partial charge in [0.1, 0.15) is 18.5 Å². The number of amides is 1. The number of nitrogens with zero attached hydrogens (tertiary/aromatic N) is 1.